The molecule has 8 heteroatoms. The van der Waals surface area contributed by atoms with E-state index in [9.17, 15) is 9.18 Å². The van der Waals surface area contributed by atoms with Gasteiger partial charge in [0.15, 0.2) is 0 Å². The van der Waals surface area contributed by atoms with Gasteiger partial charge in [-0.1, -0.05) is 24.3 Å². The van der Waals surface area contributed by atoms with Gasteiger partial charge in [-0.05, 0) is 73.6 Å². The number of hydrogen-bond donors (Lipinski definition) is 2. The van der Waals surface area contributed by atoms with Crippen LogP contribution in [-0.4, -0.2) is 45.9 Å². The van der Waals surface area contributed by atoms with Crippen LogP contribution in [0.5, 0.6) is 0 Å². The third-order valence-electron chi connectivity index (χ3n) is 5.85. The van der Waals surface area contributed by atoms with Crippen LogP contribution in [0.4, 0.5) is 9.18 Å². The van der Waals surface area contributed by atoms with Gasteiger partial charge >= 0.3 is 6.03 Å². The molecular weight excluding hydrogens is 413 g/mol. The molecule has 2 heterocycles. The predicted octanol–water partition coefficient (Wildman–Crippen LogP) is 3.79. The third kappa shape index (κ3) is 5.77. The summed E-state index contributed by atoms with van der Waals surface area (Å²) in [5, 5.41) is 0. The number of hydrogen-bond acceptors (Lipinski definition) is 4. The number of imidazole rings is 1. The normalized spacial score (nSPS) is 15.4. The molecule has 2 amide bonds. The number of fused-ring (bicyclic) bond motifs is 1. The monoisotopic (exact) mass is 441 g/mol. The number of carbonyl (C=O) groups is 1. The minimum atomic E-state index is -0.493. The third-order valence-corrected chi connectivity index (χ3v) is 6.58. The summed E-state index contributed by atoms with van der Waals surface area (Å²) in [6.07, 6.45) is 3.21. The minimum absolute atomic E-state index is 0.213. The first-order valence-electron chi connectivity index (χ1n) is 10.7. The summed E-state index contributed by atoms with van der Waals surface area (Å²) in [6.45, 7) is 3.75. The quantitative estimate of drug-likeness (QED) is 0.412. The fourth-order valence-corrected chi connectivity index (χ4v) is 4.79. The molecule has 3 N–H and O–H groups in total. The molecule has 4 rings (SSSR count). The fraction of sp³-hybridized carbons (Fsp3) is 0.391. The molecule has 164 valence electrons. The van der Waals surface area contributed by atoms with Gasteiger partial charge in [0, 0.05) is 25.3 Å². The Morgan fingerprint density at radius 1 is 1.16 bits per heavy atom. The smallest absolute Gasteiger partial charge is 0.322 e. The van der Waals surface area contributed by atoms with Crippen molar-refractivity contribution in [3.63, 3.8) is 0 Å². The number of nitrogens with one attached hydrogen (secondary N) is 1. The van der Waals surface area contributed by atoms with Crippen LogP contribution in [0.15, 0.2) is 48.5 Å². The molecule has 31 heavy (non-hydrogen) atoms. The van der Waals surface area contributed by atoms with Crippen LogP contribution >= 0.6 is 11.9 Å². The second-order valence-corrected chi connectivity index (χ2v) is 8.93. The van der Waals surface area contributed by atoms with Crippen LogP contribution in [0.25, 0.3) is 11.0 Å². The number of benzene rings is 2. The molecule has 1 fully saturated rings. The van der Waals surface area contributed by atoms with E-state index >= 15 is 0 Å². The summed E-state index contributed by atoms with van der Waals surface area (Å²) >= 11 is 1.36. The highest BCUT2D eigenvalue weighted by Gasteiger charge is 2.22. The fourth-order valence-electron chi connectivity index (χ4n) is 4.20. The second kappa shape index (κ2) is 10.2. The van der Waals surface area contributed by atoms with E-state index in [1.165, 1.54) is 24.1 Å². The topological polar surface area (TPSA) is 76.2 Å². The number of rotatable bonds is 8. The molecule has 0 saturated carbocycles. The molecule has 0 bridgehead atoms. The number of amides is 2. The van der Waals surface area contributed by atoms with E-state index in [0.29, 0.717) is 12.5 Å². The molecule has 6 nitrogen and oxygen atoms in total. The van der Waals surface area contributed by atoms with Gasteiger partial charge in [0.25, 0.3) is 0 Å². The van der Waals surface area contributed by atoms with Crippen molar-refractivity contribution in [1.29, 1.82) is 0 Å². The summed E-state index contributed by atoms with van der Waals surface area (Å²) in [6, 6.07) is 14.4. The molecule has 1 aliphatic rings. The van der Waals surface area contributed by atoms with Crippen LogP contribution in [0, 0.1) is 11.7 Å². The van der Waals surface area contributed by atoms with Gasteiger partial charge in [0.1, 0.15) is 11.6 Å². The highest BCUT2D eigenvalue weighted by Crippen LogP contribution is 2.25. The average molecular weight is 442 g/mol. The molecule has 0 spiro atoms. The summed E-state index contributed by atoms with van der Waals surface area (Å²) in [7, 11) is 0. The number of carbonyl (C=O) groups excluding carboxylic acids is 1. The van der Waals surface area contributed by atoms with Crippen molar-refractivity contribution in [3.05, 3.63) is 65.7 Å². The lowest BCUT2D eigenvalue weighted by Gasteiger charge is -2.31. The Morgan fingerprint density at radius 3 is 2.65 bits per heavy atom. The average Bonchev–Trinajstić information content (AvgIpc) is 3.11. The Balaban J connectivity index is 1.39. The van der Waals surface area contributed by atoms with Gasteiger partial charge in [0.2, 0.25) is 0 Å². The molecule has 1 aliphatic heterocycles. The predicted molar refractivity (Wildman–Crippen MR) is 123 cm³/mol. The van der Waals surface area contributed by atoms with Crippen molar-refractivity contribution in [3.8, 4) is 0 Å². The lowest BCUT2D eigenvalue weighted by molar-refractivity contribution is 0.191. The number of halogens is 1. The zero-order chi connectivity index (χ0) is 21.6. The van der Waals surface area contributed by atoms with E-state index in [1.807, 2.05) is 24.3 Å². The lowest BCUT2D eigenvalue weighted by Crippen LogP contribution is -2.36. The van der Waals surface area contributed by atoms with Crippen LogP contribution in [0.2, 0.25) is 0 Å². The maximum atomic E-state index is 13.3. The van der Waals surface area contributed by atoms with E-state index in [4.69, 9.17) is 10.7 Å². The number of piperidine rings is 1. The van der Waals surface area contributed by atoms with Gasteiger partial charge in [0.05, 0.1) is 11.0 Å². The lowest BCUT2D eigenvalue weighted by atomic mass is 9.93. The Morgan fingerprint density at radius 2 is 1.90 bits per heavy atom. The maximum absolute atomic E-state index is 13.3. The van der Waals surface area contributed by atoms with Gasteiger partial charge in [-0.3, -0.25) is 4.72 Å². The molecule has 1 aromatic heterocycles. The van der Waals surface area contributed by atoms with Gasteiger partial charge in [-0.15, -0.1) is 0 Å². The van der Waals surface area contributed by atoms with E-state index in [2.05, 4.69) is 26.3 Å². The van der Waals surface area contributed by atoms with Crippen molar-refractivity contribution in [2.45, 2.75) is 25.8 Å². The zero-order valence-corrected chi connectivity index (χ0v) is 18.3. The molecule has 0 radical (unpaired) electrons. The molecule has 2 aromatic carbocycles. The highest BCUT2D eigenvalue weighted by atomic mass is 32.2. The SMILES string of the molecule is NC(=O)NSCCN1CCC(Cc2nc3ccccc3n2Cc2ccc(F)cc2)CC1. The number of nitrogens with zero attached hydrogens (tertiary/aromatic N) is 3. The Kier molecular flexibility index (Phi) is 7.09. The number of primary amides is 1. The van der Waals surface area contributed by atoms with Crippen LogP contribution in [0.3, 0.4) is 0 Å². The molecule has 1 saturated heterocycles. The molecular formula is C23H28FN5OS. The number of nitrogens with two attached hydrogens (primary N) is 1. The van der Waals surface area contributed by atoms with Crippen molar-refractivity contribution < 1.29 is 9.18 Å². The second-order valence-electron chi connectivity index (χ2n) is 8.03. The van der Waals surface area contributed by atoms with E-state index in [0.717, 1.165) is 67.1 Å². The van der Waals surface area contributed by atoms with Gasteiger partial charge < -0.3 is 15.2 Å². The Hall–Kier alpha value is -2.58. The number of likely N-dealkylation sites (tertiary alicyclic amines) is 1. The summed E-state index contributed by atoms with van der Waals surface area (Å²) in [4.78, 5) is 18.1. The van der Waals surface area contributed by atoms with Crippen molar-refractivity contribution >= 4 is 29.0 Å². The van der Waals surface area contributed by atoms with E-state index in [1.54, 1.807) is 0 Å². The largest absolute Gasteiger partial charge is 0.351 e. The zero-order valence-electron chi connectivity index (χ0n) is 17.5. The van der Waals surface area contributed by atoms with Crippen LogP contribution in [0.1, 0.15) is 24.2 Å². The van der Waals surface area contributed by atoms with Crippen LogP contribution in [-0.2, 0) is 13.0 Å². The number of aromatic nitrogens is 2. The van der Waals surface area contributed by atoms with Crippen LogP contribution < -0.4 is 10.5 Å². The van der Waals surface area contributed by atoms with E-state index in [-0.39, 0.29) is 5.82 Å². The Labute approximate surface area is 186 Å². The first-order chi connectivity index (χ1) is 15.1. The standard InChI is InChI=1S/C23H28FN5OS/c24-19-7-5-18(6-8-19)16-29-21-4-2-1-3-20(21)26-22(29)15-17-9-11-28(12-10-17)13-14-31-27-23(25)30/h1-8,17H,9-16H2,(H3,25,27,30). The highest BCUT2D eigenvalue weighted by molar-refractivity contribution is 7.97. The van der Waals surface area contributed by atoms with Gasteiger partial charge in [-0.25, -0.2) is 14.2 Å². The van der Waals surface area contributed by atoms with Crippen molar-refractivity contribution in [2.24, 2.45) is 11.7 Å². The summed E-state index contributed by atoms with van der Waals surface area (Å²) < 4.78 is 18.2. The molecule has 0 unspecified atom stereocenters. The first-order valence-corrected chi connectivity index (χ1v) is 11.7. The number of para-hydroxylation sites is 2. The van der Waals surface area contributed by atoms with Crippen molar-refractivity contribution in [2.75, 3.05) is 25.4 Å². The minimum Gasteiger partial charge on any atom is -0.351 e. The maximum Gasteiger partial charge on any atom is 0.322 e. The summed E-state index contributed by atoms with van der Waals surface area (Å²) in [5.74, 6) is 2.32. The number of urea groups is 1. The molecule has 0 atom stereocenters. The Bertz CT molecular complexity index is 1010. The van der Waals surface area contributed by atoms with Gasteiger partial charge in [-0.2, -0.15) is 0 Å². The van der Waals surface area contributed by atoms with Crippen molar-refractivity contribution in [1.82, 2.24) is 19.2 Å². The molecule has 0 aliphatic carbocycles. The first kappa shape index (κ1) is 21.6. The summed E-state index contributed by atoms with van der Waals surface area (Å²) in [5.41, 5.74) is 8.29. The molecule has 3 aromatic rings. The van der Waals surface area contributed by atoms with E-state index < -0.39 is 6.03 Å².